The number of para-hydroxylation sites is 2. The average molecular weight is 341 g/mol. The third kappa shape index (κ3) is 3.46. The SMILES string of the molecule is CC1(C)OB(c2ccc(C=Nc3ccccc3O)c(F)c2)OC1(C)C. The molecule has 1 aliphatic heterocycles. The number of hydrogen-bond donors (Lipinski definition) is 1. The Morgan fingerprint density at radius 2 is 1.68 bits per heavy atom. The number of aromatic hydroxyl groups is 1. The molecular weight excluding hydrogens is 320 g/mol. The minimum Gasteiger partial charge on any atom is -0.506 e. The van der Waals surface area contributed by atoms with Crippen molar-refractivity contribution in [2.24, 2.45) is 4.99 Å². The highest BCUT2D eigenvalue weighted by molar-refractivity contribution is 6.62. The monoisotopic (exact) mass is 341 g/mol. The van der Waals surface area contributed by atoms with Crippen molar-refractivity contribution >= 4 is 24.5 Å². The number of halogens is 1. The van der Waals surface area contributed by atoms with Gasteiger partial charge in [-0.25, -0.2) is 4.39 Å². The Morgan fingerprint density at radius 3 is 2.28 bits per heavy atom. The van der Waals surface area contributed by atoms with Crippen LogP contribution >= 0.6 is 0 Å². The second-order valence-electron chi connectivity index (χ2n) is 7.12. The lowest BCUT2D eigenvalue weighted by Crippen LogP contribution is -2.41. The largest absolute Gasteiger partial charge is 0.506 e. The van der Waals surface area contributed by atoms with Gasteiger partial charge in [0, 0.05) is 11.8 Å². The summed E-state index contributed by atoms with van der Waals surface area (Å²) in [6, 6.07) is 11.4. The molecule has 0 spiro atoms. The quantitative estimate of drug-likeness (QED) is 0.686. The van der Waals surface area contributed by atoms with Gasteiger partial charge in [0.1, 0.15) is 17.3 Å². The molecule has 2 aromatic rings. The number of phenols is 1. The van der Waals surface area contributed by atoms with Gasteiger partial charge in [0.2, 0.25) is 0 Å². The standard InChI is InChI=1S/C19H21BFNO3/c1-18(2)19(3,4)25-20(24-18)14-10-9-13(15(21)11-14)12-22-16-7-5-6-8-17(16)23/h5-12,23H,1-4H3. The van der Waals surface area contributed by atoms with Gasteiger partial charge in [-0.05, 0) is 51.4 Å². The number of hydrogen-bond acceptors (Lipinski definition) is 4. The highest BCUT2D eigenvalue weighted by Gasteiger charge is 2.51. The minimum atomic E-state index is -0.608. The number of benzene rings is 2. The van der Waals surface area contributed by atoms with E-state index in [-0.39, 0.29) is 5.75 Å². The third-order valence-electron chi connectivity index (χ3n) is 4.77. The van der Waals surface area contributed by atoms with Crippen LogP contribution in [0.3, 0.4) is 0 Å². The van der Waals surface area contributed by atoms with Crippen LogP contribution in [0, 0.1) is 5.82 Å². The van der Waals surface area contributed by atoms with E-state index in [1.807, 2.05) is 27.7 Å². The van der Waals surface area contributed by atoms with E-state index in [1.54, 1.807) is 30.3 Å². The summed E-state index contributed by atoms with van der Waals surface area (Å²) in [5.41, 5.74) is 0.384. The summed E-state index contributed by atoms with van der Waals surface area (Å²) in [5.74, 6) is -0.376. The molecule has 3 rings (SSSR count). The summed E-state index contributed by atoms with van der Waals surface area (Å²) in [7, 11) is -0.608. The number of rotatable bonds is 3. The smallest absolute Gasteiger partial charge is 0.494 e. The van der Waals surface area contributed by atoms with E-state index < -0.39 is 24.1 Å². The first kappa shape index (κ1) is 17.6. The van der Waals surface area contributed by atoms with Crippen molar-refractivity contribution in [1.29, 1.82) is 0 Å². The molecule has 0 aromatic heterocycles. The Labute approximate surface area is 147 Å². The summed E-state index contributed by atoms with van der Waals surface area (Å²) >= 11 is 0. The van der Waals surface area contributed by atoms with E-state index in [9.17, 15) is 9.50 Å². The van der Waals surface area contributed by atoms with E-state index >= 15 is 0 Å². The normalized spacial score (nSPS) is 18.8. The van der Waals surface area contributed by atoms with Gasteiger partial charge in [-0.15, -0.1) is 0 Å². The van der Waals surface area contributed by atoms with Crippen molar-refractivity contribution in [1.82, 2.24) is 0 Å². The Hall–Kier alpha value is -2.18. The molecular formula is C19H21BFNO3. The zero-order valence-corrected chi connectivity index (χ0v) is 14.8. The molecule has 0 saturated carbocycles. The average Bonchev–Trinajstić information content (AvgIpc) is 2.75. The Balaban J connectivity index is 1.82. The highest BCUT2D eigenvalue weighted by Crippen LogP contribution is 2.36. The summed E-state index contributed by atoms with van der Waals surface area (Å²) in [5, 5.41) is 9.70. The number of aliphatic imine (C=N–C) groups is 1. The molecule has 4 nitrogen and oxygen atoms in total. The van der Waals surface area contributed by atoms with Crippen LogP contribution in [0.15, 0.2) is 47.5 Å². The fraction of sp³-hybridized carbons (Fsp3) is 0.316. The van der Waals surface area contributed by atoms with E-state index in [4.69, 9.17) is 9.31 Å². The van der Waals surface area contributed by atoms with Crippen LogP contribution in [0.25, 0.3) is 0 Å². The first-order valence-electron chi connectivity index (χ1n) is 8.17. The molecule has 1 heterocycles. The molecule has 0 amide bonds. The molecule has 0 aliphatic carbocycles. The van der Waals surface area contributed by atoms with Crippen LogP contribution in [0.4, 0.5) is 10.1 Å². The number of phenolic OH excluding ortho intramolecular Hbond substituents is 1. The van der Waals surface area contributed by atoms with E-state index in [0.717, 1.165) is 0 Å². The van der Waals surface area contributed by atoms with Crippen LogP contribution < -0.4 is 5.46 Å². The summed E-state index contributed by atoms with van der Waals surface area (Å²) in [6.45, 7) is 7.82. The Bertz CT molecular complexity index is 804. The second kappa shape index (κ2) is 6.28. The van der Waals surface area contributed by atoms with E-state index in [1.165, 1.54) is 18.3 Å². The van der Waals surface area contributed by atoms with Crippen LogP contribution in [-0.2, 0) is 9.31 Å². The molecule has 0 radical (unpaired) electrons. The molecule has 0 atom stereocenters. The maximum Gasteiger partial charge on any atom is 0.494 e. The third-order valence-corrected chi connectivity index (χ3v) is 4.77. The molecule has 2 aromatic carbocycles. The van der Waals surface area contributed by atoms with Crippen molar-refractivity contribution in [3.63, 3.8) is 0 Å². The van der Waals surface area contributed by atoms with Gasteiger partial charge >= 0.3 is 7.12 Å². The zero-order chi connectivity index (χ0) is 18.2. The van der Waals surface area contributed by atoms with Gasteiger partial charge in [0.15, 0.2) is 0 Å². The molecule has 0 bridgehead atoms. The van der Waals surface area contributed by atoms with Crippen molar-refractivity contribution < 1.29 is 18.8 Å². The van der Waals surface area contributed by atoms with Crippen LogP contribution in [-0.4, -0.2) is 29.6 Å². The molecule has 1 fully saturated rings. The first-order chi connectivity index (χ1) is 11.7. The predicted octanol–water partition coefficient (Wildman–Crippen LogP) is 3.58. The van der Waals surface area contributed by atoms with Gasteiger partial charge in [-0.1, -0.05) is 24.3 Å². The summed E-state index contributed by atoms with van der Waals surface area (Å²) in [6.07, 6.45) is 1.39. The van der Waals surface area contributed by atoms with Gasteiger partial charge in [-0.2, -0.15) is 0 Å². The van der Waals surface area contributed by atoms with Crippen molar-refractivity contribution in [2.75, 3.05) is 0 Å². The topological polar surface area (TPSA) is 51.0 Å². The lowest BCUT2D eigenvalue weighted by molar-refractivity contribution is 0.00578. The lowest BCUT2D eigenvalue weighted by Gasteiger charge is -2.32. The van der Waals surface area contributed by atoms with Crippen molar-refractivity contribution in [3.05, 3.63) is 53.8 Å². The molecule has 6 heteroatoms. The van der Waals surface area contributed by atoms with Gasteiger partial charge in [0.25, 0.3) is 0 Å². The van der Waals surface area contributed by atoms with Crippen molar-refractivity contribution in [2.45, 2.75) is 38.9 Å². The van der Waals surface area contributed by atoms with Gasteiger partial charge in [-0.3, -0.25) is 4.99 Å². The predicted molar refractivity (Wildman–Crippen MR) is 97.5 cm³/mol. The molecule has 25 heavy (non-hydrogen) atoms. The highest BCUT2D eigenvalue weighted by atomic mass is 19.1. The first-order valence-corrected chi connectivity index (χ1v) is 8.17. The van der Waals surface area contributed by atoms with E-state index in [2.05, 4.69) is 4.99 Å². The zero-order valence-electron chi connectivity index (χ0n) is 14.8. The minimum absolute atomic E-state index is 0.0491. The Kier molecular flexibility index (Phi) is 4.43. The molecule has 1 saturated heterocycles. The van der Waals surface area contributed by atoms with E-state index in [0.29, 0.717) is 16.7 Å². The molecule has 130 valence electrons. The van der Waals surface area contributed by atoms with Gasteiger partial charge in [0.05, 0.1) is 11.2 Å². The van der Waals surface area contributed by atoms with Crippen LogP contribution in [0.1, 0.15) is 33.3 Å². The van der Waals surface area contributed by atoms with Crippen LogP contribution in [0.2, 0.25) is 0 Å². The fourth-order valence-corrected chi connectivity index (χ4v) is 2.49. The second-order valence-corrected chi connectivity index (χ2v) is 7.12. The summed E-state index contributed by atoms with van der Waals surface area (Å²) < 4.78 is 26.3. The summed E-state index contributed by atoms with van der Waals surface area (Å²) in [4.78, 5) is 4.13. The lowest BCUT2D eigenvalue weighted by atomic mass is 9.79. The fourth-order valence-electron chi connectivity index (χ4n) is 2.49. The van der Waals surface area contributed by atoms with Gasteiger partial charge < -0.3 is 14.4 Å². The maximum absolute atomic E-state index is 14.4. The number of nitrogens with zero attached hydrogens (tertiary/aromatic N) is 1. The molecule has 1 N–H and O–H groups in total. The molecule has 0 unspecified atom stereocenters. The Morgan fingerprint density at radius 1 is 1.04 bits per heavy atom. The maximum atomic E-state index is 14.4. The van der Waals surface area contributed by atoms with Crippen molar-refractivity contribution in [3.8, 4) is 5.75 Å². The molecule has 1 aliphatic rings. The van der Waals surface area contributed by atoms with Crippen LogP contribution in [0.5, 0.6) is 5.75 Å².